The molecule has 4 heteroatoms. The fourth-order valence-electron chi connectivity index (χ4n) is 7.88. The molecular weight excluding hydrogens is 671 g/mol. The van der Waals surface area contributed by atoms with E-state index in [4.69, 9.17) is 4.42 Å². The summed E-state index contributed by atoms with van der Waals surface area (Å²) in [5, 5.41) is 7.47. The first-order valence-electron chi connectivity index (χ1n) is 17.5. The van der Waals surface area contributed by atoms with Crippen LogP contribution in [0.25, 0.3) is 84.5 Å². The molecular formula is C48H29NOS2. The minimum atomic E-state index is 0.905. The molecule has 0 aliphatic heterocycles. The zero-order chi connectivity index (χ0) is 34.2. The highest BCUT2D eigenvalue weighted by atomic mass is 32.1. The van der Waals surface area contributed by atoms with Crippen molar-refractivity contribution in [1.29, 1.82) is 0 Å². The lowest BCUT2D eigenvalue weighted by Gasteiger charge is -2.27. The first-order chi connectivity index (χ1) is 25.8. The van der Waals surface area contributed by atoms with Gasteiger partial charge in [-0.05, 0) is 71.3 Å². The van der Waals surface area contributed by atoms with Crippen LogP contribution in [0.2, 0.25) is 0 Å². The maximum atomic E-state index is 6.57. The minimum absolute atomic E-state index is 0.905. The van der Waals surface area contributed by atoms with E-state index in [9.17, 15) is 0 Å². The summed E-state index contributed by atoms with van der Waals surface area (Å²) in [6, 6.07) is 63.8. The highest BCUT2D eigenvalue weighted by molar-refractivity contribution is 7.26. The third-order valence-electron chi connectivity index (χ3n) is 10.3. The lowest BCUT2D eigenvalue weighted by Crippen LogP contribution is -2.10. The van der Waals surface area contributed by atoms with E-state index in [1.54, 1.807) is 0 Å². The fraction of sp³-hybridized carbons (Fsp3) is 0. The summed E-state index contributed by atoms with van der Waals surface area (Å²) in [4.78, 5) is 2.42. The topological polar surface area (TPSA) is 16.4 Å². The molecule has 0 unspecified atom stereocenters. The van der Waals surface area contributed by atoms with Crippen molar-refractivity contribution < 1.29 is 4.42 Å². The van der Waals surface area contributed by atoms with Crippen LogP contribution in [0.15, 0.2) is 180 Å². The van der Waals surface area contributed by atoms with Gasteiger partial charge in [0.05, 0.1) is 0 Å². The lowest BCUT2D eigenvalue weighted by molar-refractivity contribution is 0.670. The Labute approximate surface area is 308 Å². The van der Waals surface area contributed by atoms with Crippen molar-refractivity contribution in [3.8, 4) is 22.3 Å². The third-order valence-corrected chi connectivity index (χ3v) is 12.5. The van der Waals surface area contributed by atoms with Gasteiger partial charge >= 0.3 is 0 Å². The lowest BCUT2D eigenvalue weighted by atomic mass is 9.92. The summed E-state index contributed by atoms with van der Waals surface area (Å²) in [6.45, 7) is 0. The van der Waals surface area contributed by atoms with E-state index < -0.39 is 0 Å². The molecule has 0 N–H and O–H groups in total. The fourth-order valence-corrected chi connectivity index (χ4v) is 10.2. The average Bonchev–Trinajstić information content (AvgIpc) is 3.89. The molecule has 0 saturated heterocycles. The van der Waals surface area contributed by atoms with Gasteiger partial charge in [-0.25, -0.2) is 0 Å². The van der Waals surface area contributed by atoms with E-state index in [-0.39, 0.29) is 0 Å². The number of hydrogen-bond donors (Lipinski definition) is 0. The second-order valence-corrected chi connectivity index (χ2v) is 15.4. The molecule has 11 aromatic rings. The molecule has 0 aliphatic rings. The molecule has 0 saturated carbocycles. The van der Waals surface area contributed by atoms with Crippen LogP contribution in [0.5, 0.6) is 0 Å². The smallest absolute Gasteiger partial charge is 0.143 e. The van der Waals surface area contributed by atoms with E-state index in [0.717, 1.165) is 61.3 Å². The summed E-state index contributed by atoms with van der Waals surface area (Å²) in [7, 11) is 0. The van der Waals surface area contributed by atoms with Gasteiger partial charge in [-0.1, -0.05) is 121 Å². The second kappa shape index (κ2) is 11.7. The number of benzene rings is 8. The number of thiophene rings is 2. The maximum absolute atomic E-state index is 6.57. The minimum Gasteiger partial charge on any atom is -0.455 e. The van der Waals surface area contributed by atoms with Gasteiger partial charge in [0.25, 0.3) is 0 Å². The van der Waals surface area contributed by atoms with Crippen LogP contribution in [0.1, 0.15) is 0 Å². The highest BCUT2D eigenvalue weighted by Crippen LogP contribution is 2.46. The van der Waals surface area contributed by atoms with Crippen LogP contribution in [-0.2, 0) is 0 Å². The summed E-state index contributed by atoms with van der Waals surface area (Å²) < 4.78 is 11.7. The second-order valence-electron chi connectivity index (χ2n) is 13.3. The average molecular weight is 700 g/mol. The van der Waals surface area contributed by atoms with E-state index >= 15 is 0 Å². The summed E-state index contributed by atoms with van der Waals surface area (Å²) in [6.07, 6.45) is 0. The quantitative estimate of drug-likeness (QED) is 0.178. The van der Waals surface area contributed by atoms with Crippen molar-refractivity contribution in [2.24, 2.45) is 0 Å². The molecule has 8 aromatic carbocycles. The summed E-state index contributed by atoms with van der Waals surface area (Å²) in [5.41, 5.74) is 9.72. The molecule has 52 heavy (non-hydrogen) atoms. The molecule has 244 valence electrons. The third kappa shape index (κ3) is 4.62. The molecule has 0 bridgehead atoms. The van der Waals surface area contributed by atoms with Crippen LogP contribution >= 0.6 is 22.7 Å². The normalized spacial score (nSPS) is 11.8. The van der Waals surface area contributed by atoms with Crippen molar-refractivity contribution in [1.82, 2.24) is 0 Å². The summed E-state index contributed by atoms with van der Waals surface area (Å²) >= 11 is 3.71. The number of para-hydroxylation sites is 2. The molecule has 3 aromatic heterocycles. The van der Waals surface area contributed by atoms with Gasteiger partial charge in [0.15, 0.2) is 0 Å². The van der Waals surface area contributed by atoms with E-state index in [2.05, 4.69) is 175 Å². The van der Waals surface area contributed by atoms with E-state index in [1.165, 1.54) is 40.3 Å². The Bertz CT molecular complexity index is 3030. The van der Waals surface area contributed by atoms with Gasteiger partial charge in [0, 0.05) is 73.7 Å². The molecule has 2 nitrogen and oxygen atoms in total. The Kier molecular flexibility index (Phi) is 6.63. The number of anilines is 3. The van der Waals surface area contributed by atoms with Gasteiger partial charge in [-0.3, -0.25) is 0 Å². The number of nitrogens with zero attached hydrogens (tertiary/aromatic N) is 1. The Hall–Kier alpha value is -6.20. The van der Waals surface area contributed by atoms with Crippen LogP contribution < -0.4 is 4.90 Å². The van der Waals surface area contributed by atoms with Gasteiger partial charge in [-0.2, -0.15) is 0 Å². The molecule has 0 fully saturated rings. The predicted molar refractivity (Wildman–Crippen MR) is 225 cm³/mol. The number of fused-ring (bicyclic) bond motifs is 9. The highest BCUT2D eigenvalue weighted by Gasteiger charge is 2.21. The van der Waals surface area contributed by atoms with Gasteiger partial charge < -0.3 is 9.32 Å². The van der Waals surface area contributed by atoms with Crippen molar-refractivity contribution in [2.75, 3.05) is 4.90 Å². The molecule has 0 spiro atoms. The molecule has 0 aliphatic carbocycles. The van der Waals surface area contributed by atoms with Crippen molar-refractivity contribution in [3.63, 3.8) is 0 Å². The first-order valence-corrected chi connectivity index (χ1v) is 19.1. The molecule has 0 radical (unpaired) electrons. The maximum Gasteiger partial charge on any atom is 0.143 e. The number of furan rings is 1. The van der Waals surface area contributed by atoms with Crippen LogP contribution in [0, 0.1) is 0 Å². The first kappa shape index (κ1) is 29.5. The number of hydrogen-bond acceptors (Lipinski definition) is 4. The van der Waals surface area contributed by atoms with Crippen LogP contribution in [-0.4, -0.2) is 0 Å². The SMILES string of the molecule is c1ccc(-c2cc(N(c3ccc4c(c3)sc3ccccc34)c3ccc4c(c3)sc3ccccc34)ccc2-c2cccc3c2oc2ccccc23)cc1. The molecule has 3 heterocycles. The Morgan fingerprint density at radius 1 is 0.346 bits per heavy atom. The van der Waals surface area contributed by atoms with Gasteiger partial charge in [-0.15, -0.1) is 22.7 Å². The Morgan fingerprint density at radius 2 is 0.885 bits per heavy atom. The van der Waals surface area contributed by atoms with Crippen LogP contribution in [0.4, 0.5) is 17.1 Å². The summed E-state index contributed by atoms with van der Waals surface area (Å²) in [5.74, 6) is 0. The molecule has 0 amide bonds. The van der Waals surface area contributed by atoms with Crippen molar-refractivity contribution >= 4 is 102 Å². The predicted octanol–water partition coefficient (Wildman–Crippen LogP) is 15.1. The van der Waals surface area contributed by atoms with E-state index in [0.29, 0.717) is 0 Å². The number of rotatable bonds is 5. The zero-order valence-corrected chi connectivity index (χ0v) is 29.5. The zero-order valence-electron chi connectivity index (χ0n) is 27.9. The van der Waals surface area contributed by atoms with Gasteiger partial charge in [0.1, 0.15) is 11.2 Å². The van der Waals surface area contributed by atoms with Crippen molar-refractivity contribution in [3.05, 3.63) is 176 Å². The van der Waals surface area contributed by atoms with Crippen molar-refractivity contribution in [2.45, 2.75) is 0 Å². The standard InChI is InChI=1S/C48H29NOS2/c1-2-11-30(12-3-1)42-27-31(21-24-34(42)40-16-10-17-41-35-13-4-7-18-43(35)50-48(40)41)49(32-22-25-38-36-14-5-8-19-44(36)51-46(38)28-32)33-23-26-39-37-15-6-9-20-45(37)52-47(39)29-33/h1-29H. The largest absolute Gasteiger partial charge is 0.455 e. The van der Waals surface area contributed by atoms with Gasteiger partial charge in [0.2, 0.25) is 0 Å². The Morgan fingerprint density at radius 3 is 1.58 bits per heavy atom. The monoisotopic (exact) mass is 699 g/mol. The van der Waals surface area contributed by atoms with E-state index in [1.807, 2.05) is 28.7 Å². The van der Waals surface area contributed by atoms with Crippen LogP contribution in [0.3, 0.4) is 0 Å². The molecule has 0 atom stereocenters. The molecule has 11 rings (SSSR count). The Balaban J connectivity index is 1.16.